The lowest BCUT2D eigenvalue weighted by Gasteiger charge is -2.12. The molecule has 0 spiro atoms. The number of anilines is 1. The lowest BCUT2D eigenvalue weighted by atomic mass is 10.0. The van der Waals surface area contributed by atoms with Crippen molar-refractivity contribution < 1.29 is 4.79 Å². The first-order valence-corrected chi connectivity index (χ1v) is 4.21. The largest absolute Gasteiger partial charge is 0.399 e. The van der Waals surface area contributed by atoms with Crippen LogP contribution < -0.4 is 5.73 Å². The second kappa shape index (κ2) is 3.01. The molecule has 0 saturated carbocycles. The number of carbonyl (C=O) groups excluding carboxylic acids is 1. The van der Waals surface area contributed by atoms with Gasteiger partial charge in [-0.3, -0.25) is 4.79 Å². The highest BCUT2D eigenvalue weighted by Gasteiger charge is 2.10. The van der Waals surface area contributed by atoms with Crippen LogP contribution in [0.3, 0.4) is 0 Å². The Hall–Kier alpha value is -1.64. The van der Waals surface area contributed by atoms with Crippen molar-refractivity contribution >= 4 is 23.4 Å². The van der Waals surface area contributed by atoms with Gasteiger partial charge in [0.25, 0.3) is 0 Å². The molecule has 3 nitrogen and oxygen atoms in total. The first kappa shape index (κ1) is 7.98. The monoisotopic (exact) mass is 174 g/mol. The van der Waals surface area contributed by atoms with Gasteiger partial charge in [-0.15, -0.1) is 0 Å². The van der Waals surface area contributed by atoms with E-state index in [0.29, 0.717) is 11.4 Å². The fourth-order valence-corrected chi connectivity index (χ4v) is 1.45. The van der Waals surface area contributed by atoms with Gasteiger partial charge in [-0.25, -0.2) is 4.99 Å². The lowest BCUT2D eigenvalue weighted by Crippen LogP contribution is -2.06. The maximum atomic E-state index is 10.5. The quantitative estimate of drug-likeness (QED) is 0.518. The van der Waals surface area contributed by atoms with Crippen molar-refractivity contribution in [3.8, 4) is 0 Å². The molecule has 1 heterocycles. The first-order valence-electron chi connectivity index (χ1n) is 4.21. The van der Waals surface area contributed by atoms with Gasteiger partial charge in [0.15, 0.2) is 6.29 Å². The van der Waals surface area contributed by atoms with Gasteiger partial charge < -0.3 is 5.73 Å². The average molecular weight is 174 g/mol. The molecule has 2 N–H and O–H groups in total. The molecule has 0 bridgehead atoms. The van der Waals surface area contributed by atoms with E-state index in [9.17, 15) is 4.79 Å². The summed E-state index contributed by atoms with van der Waals surface area (Å²) in [5.74, 6) is 0. The van der Waals surface area contributed by atoms with E-state index < -0.39 is 0 Å². The summed E-state index contributed by atoms with van der Waals surface area (Å²) in [7, 11) is 0. The number of aliphatic imine (C=N–C) groups is 1. The van der Waals surface area contributed by atoms with Crippen LogP contribution in [0.2, 0.25) is 0 Å². The van der Waals surface area contributed by atoms with Crippen molar-refractivity contribution in [2.24, 2.45) is 4.99 Å². The molecule has 1 aliphatic heterocycles. The maximum Gasteiger partial charge on any atom is 0.164 e. The highest BCUT2D eigenvalue weighted by molar-refractivity contribution is 6.29. The van der Waals surface area contributed by atoms with E-state index in [1.807, 2.05) is 12.1 Å². The fourth-order valence-electron chi connectivity index (χ4n) is 1.45. The third kappa shape index (κ3) is 1.45. The molecule has 0 saturated heterocycles. The van der Waals surface area contributed by atoms with Crippen molar-refractivity contribution in [3.63, 3.8) is 0 Å². The molecule has 13 heavy (non-hydrogen) atoms. The first-order chi connectivity index (χ1) is 6.29. The lowest BCUT2D eigenvalue weighted by molar-refractivity contribution is -0.102. The molecule has 0 aromatic heterocycles. The third-order valence-corrected chi connectivity index (χ3v) is 2.16. The van der Waals surface area contributed by atoms with E-state index in [4.69, 9.17) is 5.73 Å². The number of hydrogen-bond donors (Lipinski definition) is 1. The molecule has 3 heteroatoms. The van der Waals surface area contributed by atoms with E-state index in [-0.39, 0.29) is 0 Å². The van der Waals surface area contributed by atoms with E-state index in [0.717, 1.165) is 24.8 Å². The Balaban J connectivity index is 2.49. The molecule has 1 aliphatic rings. The Labute approximate surface area is 76.3 Å². The Morgan fingerprint density at radius 1 is 1.38 bits per heavy atom. The number of rotatable bonds is 1. The predicted octanol–water partition coefficient (Wildman–Crippen LogP) is 1.49. The molecule has 66 valence electrons. The van der Waals surface area contributed by atoms with E-state index >= 15 is 0 Å². The van der Waals surface area contributed by atoms with Crippen molar-refractivity contribution in [3.05, 3.63) is 23.8 Å². The van der Waals surface area contributed by atoms with Gasteiger partial charge in [-0.1, -0.05) is 6.07 Å². The maximum absolute atomic E-state index is 10.5. The molecule has 0 amide bonds. The number of aldehydes is 1. The Morgan fingerprint density at radius 2 is 2.23 bits per heavy atom. The van der Waals surface area contributed by atoms with Crippen LogP contribution in [-0.2, 0) is 11.2 Å². The highest BCUT2D eigenvalue weighted by Crippen LogP contribution is 2.27. The minimum absolute atomic E-state index is 0.609. The number of carbonyl (C=O) groups is 1. The van der Waals surface area contributed by atoms with Crippen LogP contribution in [-0.4, -0.2) is 12.0 Å². The predicted molar refractivity (Wildman–Crippen MR) is 52.3 cm³/mol. The second-order valence-electron chi connectivity index (χ2n) is 3.11. The van der Waals surface area contributed by atoms with Crippen LogP contribution in [0, 0.1) is 0 Å². The summed E-state index contributed by atoms with van der Waals surface area (Å²) in [6.07, 6.45) is 2.43. The minimum atomic E-state index is 0.609. The third-order valence-electron chi connectivity index (χ3n) is 2.16. The normalized spacial score (nSPS) is 14.6. The Bertz CT molecular complexity index is 383. The number of nitrogen functional groups attached to an aromatic ring is 1. The van der Waals surface area contributed by atoms with Crippen molar-refractivity contribution in [1.29, 1.82) is 0 Å². The molecule has 1 aromatic carbocycles. The molecule has 0 fully saturated rings. The van der Waals surface area contributed by atoms with E-state index in [1.54, 1.807) is 6.07 Å². The van der Waals surface area contributed by atoms with Gasteiger partial charge in [-0.05, 0) is 30.5 Å². The van der Waals surface area contributed by atoms with Gasteiger partial charge >= 0.3 is 0 Å². The molecular formula is C10H10N2O. The number of fused-ring (bicyclic) bond motifs is 1. The summed E-state index contributed by atoms with van der Waals surface area (Å²) in [5, 5.41) is 0. The van der Waals surface area contributed by atoms with Crippen LogP contribution >= 0.6 is 0 Å². The average Bonchev–Trinajstić information content (AvgIpc) is 2.16. The van der Waals surface area contributed by atoms with Gasteiger partial charge in [0, 0.05) is 5.69 Å². The SMILES string of the molecule is Nc1ccc2c(c1)N=C(C=O)CC2. The number of nitrogens with two attached hydrogens (primary N) is 1. The summed E-state index contributed by atoms with van der Waals surface area (Å²) in [6.45, 7) is 0. The fraction of sp³-hybridized carbons (Fsp3) is 0.200. The molecule has 2 rings (SSSR count). The zero-order chi connectivity index (χ0) is 9.26. The van der Waals surface area contributed by atoms with Crippen LogP contribution in [0.1, 0.15) is 12.0 Å². The molecule has 0 unspecified atom stereocenters. The van der Waals surface area contributed by atoms with Crippen LogP contribution in [0.15, 0.2) is 23.2 Å². The number of nitrogens with zero attached hydrogens (tertiary/aromatic N) is 1. The zero-order valence-corrected chi connectivity index (χ0v) is 7.16. The van der Waals surface area contributed by atoms with Crippen LogP contribution in [0.4, 0.5) is 11.4 Å². The molecule has 0 aliphatic carbocycles. The van der Waals surface area contributed by atoms with Gasteiger partial charge in [0.05, 0.1) is 11.4 Å². The molecule has 0 radical (unpaired) electrons. The second-order valence-corrected chi connectivity index (χ2v) is 3.11. The minimum Gasteiger partial charge on any atom is -0.399 e. The van der Waals surface area contributed by atoms with Crippen molar-refractivity contribution in [2.75, 3.05) is 5.73 Å². The number of benzene rings is 1. The van der Waals surface area contributed by atoms with Crippen LogP contribution in [0.25, 0.3) is 0 Å². The summed E-state index contributed by atoms with van der Waals surface area (Å²) in [6, 6.07) is 5.63. The summed E-state index contributed by atoms with van der Waals surface area (Å²) < 4.78 is 0. The van der Waals surface area contributed by atoms with Crippen molar-refractivity contribution in [1.82, 2.24) is 0 Å². The molecular weight excluding hydrogens is 164 g/mol. The summed E-state index contributed by atoms with van der Waals surface area (Å²) in [4.78, 5) is 14.7. The molecule has 1 aromatic rings. The summed E-state index contributed by atoms with van der Waals surface area (Å²) >= 11 is 0. The summed E-state index contributed by atoms with van der Waals surface area (Å²) in [5.41, 5.74) is 8.92. The Kier molecular flexibility index (Phi) is 1.85. The number of hydrogen-bond acceptors (Lipinski definition) is 3. The van der Waals surface area contributed by atoms with E-state index in [1.165, 1.54) is 5.56 Å². The van der Waals surface area contributed by atoms with Gasteiger partial charge in [0.2, 0.25) is 0 Å². The molecule has 0 atom stereocenters. The van der Waals surface area contributed by atoms with E-state index in [2.05, 4.69) is 4.99 Å². The van der Waals surface area contributed by atoms with Gasteiger partial charge in [-0.2, -0.15) is 0 Å². The van der Waals surface area contributed by atoms with Gasteiger partial charge in [0.1, 0.15) is 0 Å². The standard InChI is InChI=1S/C10H10N2O/c11-8-3-1-7-2-4-9(6-13)12-10(7)5-8/h1,3,5-6H,2,4,11H2. The topological polar surface area (TPSA) is 55.4 Å². The zero-order valence-electron chi connectivity index (χ0n) is 7.16. The Morgan fingerprint density at radius 3 is 3.00 bits per heavy atom. The smallest absolute Gasteiger partial charge is 0.164 e. The highest BCUT2D eigenvalue weighted by atomic mass is 16.1. The van der Waals surface area contributed by atoms with Crippen molar-refractivity contribution in [2.45, 2.75) is 12.8 Å². The van der Waals surface area contributed by atoms with Crippen LogP contribution in [0.5, 0.6) is 0 Å². The number of aryl methyl sites for hydroxylation is 1.